The van der Waals surface area contributed by atoms with Gasteiger partial charge in [0.15, 0.2) is 0 Å². The number of pyridine rings is 1. The lowest BCUT2D eigenvalue weighted by Gasteiger charge is -2.20. The molecule has 5 heteroatoms. The number of hydrogen-bond donors (Lipinski definition) is 2. The Morgan fingerprint density at radius 1 is 1.21 bits per heavy atom. The van der Waals surface area contributed by atoms with E-state index in [9.17, 15) is 0 Å². The Morgan fingerprint density at radius 2 is 2.00 bits per heavy atom. The molecule has 1 rings (SSSR count). The van der Waals surface area contributed by atoms with Crippen molar-refractivity contribution in [1.29, 1.82) is 0 Å². The van der Waals surface area contributed by atoms with Crippen molar-refractivity contribution in [2.24, 2.45) is 0 Å². The summed E-state index contributed by atoms with van der Waals surface area (Å²) in [4.78, 5) is 4.33. The lowest BCUT2D eigenvalue weighted by atomic mass is 10.1. The topological polar surface area (TPSA) is 63.6 Å². The minimum absolute atomic E-state index is 0.0387. The van der Waals surface area contributed by atoms with Gasteiger partial charge in [0.05, 0.1) is 31.7 Å². The monoisotopic (exact) mass is 268 g/mol. The molecule has 0 unspecified atom stereocenters. The summed E-state index contributed by atoms with van der Waals surface area (Å²) in [7, 11) is 0. The first kappa shape index (κ1) is 15.9. The van der Waals surface area contributed by atoms with Crippen molar-refractivity contribution in [3.05, 3.63) is 24.0 Å². The molecule has 0 radical (unpaired) electrons. The second-order valence-corrected chi connectivity index (χ2v) is 5.27. The van der Waals surface area contributed by atoms with Crippen molar-refractivity contribution < 1.29 is 14.6 Å². The third-order valence-electron chi connectivity index (χ3n) is 2.33. The van der Waals surface area contributed by atoms with Crippen molar-refractivity contribution in [3.63, 3.8) is 0 Å². The molecule has 19 heavy (non-hydrogen) atoms. The predicted octanol–water partition coefficient (Wildman–Crippen LogP) is 1.36. The standard InChI is InChI=1S/C14H24N2O3/c1-14(2,3)16-10-12-4-5-13(11-15-12)19-9-8-18-7-6-17/h4-5,11,16-17H,6-10H2,1-3H3. The quantitative estimate of drug-likeness (QED) is 0.697. The molecule has 1 aromatic rings. The lowest BCUT2D eigenvalue weighted by molar-refractivity contribution is 0.0704. The minimum atomic E-state index is 0.0387. The van der Waals surface area contributed by atoms with Gasteiger partial charge < -0.3 is 19.9 Å². The fraction of sp³-hybridized carbons (Fsp3) is 0.643. The van der Waals surface area contributed by atoms with Crippen LogP contribution in [-0.2, 0) is 11.3 Å². The zero-order valence-electron chi connectivity index (χ0n) is 12.0. The highest BCUT2D eigenvalue weighted by molar-refractivity contribution is 5.19. The molecule has 2 N–H and O–H groups in total. The molecule has 0 aromatic carbocycles. The Morgan fingerprint density at radius 3 is 2.58 bits per heavy atom. The zero-order chi connectivity index (χ0) is 14.1. The lowest BCUT2D eigenvalue weighted by Crippen LogP contribution is -2.35. The van der Waals surface area contributed by atoms with Crippen LogP contribution in [-0.4, -0.2) is 42.1 Å². The number of rotatable bonds is 8. The molecule has 0 saturated heterocycles. The number of hydrogen-bond acceptors (Lipinski definition) is 5. The van der Waals surface area contributed by atoms with Crippen LogP contribution in [0.1, 0.15) is 26.5 Å². The van der Waals surface area contributed by atoms with Crippen molar-refractivity contribution in [2.45, 2.75) is 32.9 Å². The Balaban J connectivity index is 2.27. The van der Waals surface area contributed by atoms with Crippen LogP contribution in [0.4, 0.5) is 0 Å². The van der Waals surface area contributed by atoms with E-state index in [1.165, 1.54) is 0 Å². The molecule has 0 spiro atoms. The van der Waals surface area contributed by atoms with Crippen molar-refractivity contribution in [3.8, 4) is 5.75 Å². The van der Waals surface area contributed by atoms with Crippen molar-refractivity contribution >= 4 is 0 Å². The van der Waals surface area contributed by atoms with Gasteiger partial charge in [-0.1, -0.05) is 0 Å². The number of ether oxygens (including phenoxy) is 2. The maximum Gasteiger partial charge on any atom is 0.137 e. The summed E-state index contributed by atoms with van der Waals surface area (Å²) in [6, 6.07) is 3.85. The molecule has 0 aliphatic carbocycles. The predicted molar refractivity (Wildman–Crippen MR) is 74.2 cm³/mol. The Bertz CT molecular complexity index is 347. The first-order valence-electron chi connectivity index (χ1n) is 6.52. The third kappa shape index (κ3) is 7.77. The highest BCUT2D eigenvalue weighted by Crippen LogP contribution is 2.10. The van der Waals surface area contributed by atoms with Crippen LogP contribution in [0, 0.1) is 0 Å². The number of aliphatic hydroxyl groups is 1. The van der Waals surface area contributed by atoms with Crippen LogP contribution in [0.5, 0.6) is 5.75 Å². The number of aliphatic hydroxyl groups excluding tert-OH is 1. The zero-order valence-corrected chi connectivity index (χ0v) is 12.0. The molecule has 108 valence electrons. The summed E-state index contributed by atoms with van der Waals surface area (Å²) < 4.78 is 10.6. The van der Waals surface area contributed by atoms with Gasteiger partial charge in [-0.05, 0) is 32.9 Å². The van der Waals surface area contributed by atoms with Gasteiger partial charge in [0, 0.05) is 12.1 Å². The van der Waals surface area contributed by atoms with E-state index in [4.69, 9.17) is 14.6 Å². The molecule has 0 amide bonds. The Kier molecular flexibility index (Phi) is 6.77. The van der Waals surface area contributed by atoms with E-state index in [1.807, 2.05) is 12.1 Å². The SMILES string of the molecule is CC(C)(C)NCc1ccc(OCCOCCO)cn1. The molecule has 0 atom stereocenters. The molecule has 1 heterocycles. The molecule has 0 bridgehead atoms. The van der Waals surface area contributed by atoms with Crippen LogP contribution in [0.25, 0.3) is 0 Å². The van der Waals surface area contributed by atoms with Gasteiger partial charge in [-0.15, -0.1) is 0 Å². The normalized spacial score (nSPS) is 11.6. The molecule has 0 aliphatic heterocycles. The summed E-state index contributed by atoms with van der Waals surface area (Å²) in [6.45, 7) is 8.42. The van der Waals surface area contributed by atoms with Gasteiger partial charge in [-0.2, -0.15) is 0 Å². The molecule has 0 saturated carbocycles. The van der Waals surface area contributed by atoms with Gasteiger partial charge in [0.1, 0.15) is 12.4 Å². The van der Waals surface area contributed by atoms with Crippen LogP contribution in [0.3, 0.4) is 0 Å². The molecule has 0 fully saturated rings. The van der Waals surface area contributed by atoms with Crippen molar-refractivity contribution in [2.75, 3.05) is 26.4 Å². The van der Waals surface area contributed by atoms with Crippen LogP contribution < -0.4 is 10.1 Å². The molecule has 0 aliphatic rings. The average Bonchev–Trinajstić information content (AvgIpc) is 2.37. The van der Waals surface area contributed by atoms with E-state index in [1.54, 1.807) is 6.20 Å². The molecule has 1 aromatic heterocycles. The highest BCUT2D eigenvalue weighted by atomic mass is 16.5. The van der Waals surface area contributed by atoms with Crippen LogP contribution in [0.15, 0.2) is 18.3 Å². The van der Waals surface area contributed by atoms with Gasteiger partial charge in [-0.3, -0.25) is 4.98 Å². The van der Waals surface area contributed by atoms with Crippen molar-refractivity contribution in [1.82, 2.24) is 10.3 Å². The minimum Gasteiger partial charge on any atom is -0.490 e. The summed E-state index contributed by atoms with van der Waals surface area (Å²) in [5.41, 5.74) is 1.07. The number of nitrogens with one attached hydrogen (secondary N) is 1. The number of nitrogens with zero attached hydrogens (tertiary/aromatic N) is 1. The molecule has 5 nitrogen and oxygen atoms in total. The number of aromatic nitrogens is 1. The summed E-state index contributed by atoms with van der Waals surface area (Å²) in [6.07, 6.45) is 1.71. The van der Waals surface area contributed by atoms with Gasteiger partial charge in [0.2, 0.25) is 0 Å². The summed E-state index contributed by atoms with van der Waals surface area (Å²) in [5.74, 6) is 0.729. The summed E-state index contributed by atoms with van der Waals surface area (Å²) in [5, 5.41) is 11.9. The van der Waals surface area contributed by atoms with Crippen LogP contribution in [0.2, 0.25) is 0 Å². The van der Waals surface area contributed by atoms with E-state index in [0.29, 0.717) is 19.8 Å². The van der Waals surface area contributed by atoms with E-state index < -0.39 is 0 Å². The van der Waals surface area contributed by atoms with E-state index >= 15 is 0 Å². The fourth-order valence-electron chi connectivity index (χ4n) is 1.34. The van der Waals surface area contributed by atoms with E-state index in [2.05, 4.69) is 31.1 Å². The molecular weight excluding hydrogens is 244 g/mol. The Hall–Kier alpha value is -1.17. The second-order valence-electron chi connectivity index (χ2n) is 5.27. The highest BCUT2D eigenvalue weighted by Gasteiger charge is 2.08. The Labute approximate surface area is 115 Å². The van der Waals surface area contributed by atoms with E-state index in [0.717, 1.165) is 18.0 Å². The summed E-state index contributed by atoms with van der Waals surface area (Å²) >= 11 is 0. The van der Waals surface area contributed by atoms with E-state index in [-0.39, 0.29) is 12.1 Å². The first-order chi connectivity index (χ1) is 9.01. The largest absolute Gasteiger partial charge is 0.490 e. The maximum absolute atomic E-state index is 8.54. The maximum atomic E-state index is 8.54. The van der Waals surface area contributed by atoms with Crippen LogP contribution >= 0.6 is 0 Å². The first-order valence-corrected chi connectivity index (χ1v) is 6.52. The second kappa shape index (κ2) is 8.09. The smallest absolute Gasteiger partial charge is 0.137 e. The van der Waals surface area contributed by atoms with Gasteiger partial charge >= 0.3 is 0 Å². The average molecular weight is 268 g/mol. The van der Waals surface area contributed by atoms with Gasteiger partial charge in [-0.25, -0.2) is 0 Å². The fourth-order valence-corrected chi connectivity index (χ4v) is 1.34. The third-order valence-corrected chi connectivity index (χ3v) is 2.33. The molecular formula is C14H24N2O3. The van der Waals surface area contributed by atoms with Gasteiger partial charge in [0.25, 0.3) is 0 Å².